The first kappa shape index (κ1) is 11.3. The van der Waals surface area contributed by atoms with Gasteiger partial charge in [-0.1, -0.05) is 37.9 Å². The number of likely N-dealkylation sites (tertiary alicyclic amines) is 1. The van der Waals surface area contributed by atoms with Crippen molar-refractivity contribution in [3.05, 3.63) is 0 Å². The zero-order valence-electron chi connectivity index (χ0n) is 9.50. The summed E-state index contributed by atoms with van der Waals surface area (Å²) in [7, 11) is 0. The Morgan fingerprint density at radius 3 is 2.00 bits per heavy atom. The van der Waals surface area contributed by atoms with E-state index in [0.717, 1.165) is 4.99 Å². The second-order valence-corrected chi connectivity index (χ2v) is 5.44. The average Bonchev–Trinajstić information content (AvgIpc) is 2.31. The smallest absolute Gasteiger partial charge is 0.0933 e. The zero-order valence-corrected chi connectivity index (χ0v) is 10.3. The van der Waals surface area contributed by atoms with Gasteiger partial charge in [-0.05, 0) is 38.8 Å². The van der Waals surface area contributed by atoms with Crippen LogP contribution in [-0.4, -0.2) is 28.5 Å². The molecule has 0 radical (unpaired) electrons. The van der Waals surface area contributed by atoms with Crippen molar-refractivity contribution >= 4 is 17.2 Å². The van der Waals surface area contributed by atoms with Gasteiger partial charge in [0.2, 0.25) is 0 Å². The average molecular weight is 226 g/mol. The maximum atomic E-state index is 6.02. The van der Waals surface area contributed by atoms with Crippen molar-refractivity contribution in [3.8, 4) is 0 Å². The summed E-state index contributed by atoms with van der Waals surface area (Å²) in [6.45, 7) is 2.41. The normalized spacial score (nSPS) is 27.5. The summed E-state index contributed by atoms with van der Waals surface area (Å²) in [5.74, 6) is 0. The highest BCUT2D eigenvalue weighted by atomic mass is 32.1. The number of nitrogens with two attached hydrogens (primary N) is 1. The van der Waals surface area contributed by atoms with Crippen molar-refractivity contribution in [2.24, 2.45) is 5.73 Å². The molecule has 2 aliphatic rings. The minimum atomic E-state index is 0.0913. The van der Waals surface area contributed by atoms with Gasteiger partial charge in [0, 0.05) is 0 Å². The van der Waals surface area contributed by atoms with Gasteiger partial charge in [-0.25, -0.2) is 0 Å². The Morgan fingerprint density at radius 2 is 1.47 bits per heavy atom. The maximum Gasteiger partial charge on any atom is 0.0933 e. The van der Waals surface area contributed by atoms with Gasteiger partial charge in [0.15, 0.2) is 0 Å². The Hall–Kier alpha value is -0.150. The van der Waals surface area contributed by atoms with Gasteiger partial charge >= 0.3 is 0 Å². The SMILES string of the molecule is NC(=S)C1(N2CCCCC2)CCCCC1. The van der Waals surface area contributed by atoms with Crippen molar-refractivity contribution in [2.75, 3.05) is 13.1 Å². The van der Waals surface area contributed by atoms with E-state index >= 15 is 0 Å². The molecule has 3 heteroatoms. The first-order chi connectivity index (χ1) is 7.26. The van der Waals surface area contributed by atoms with Gasteiger partial charge in [-0.3, -0.25) is 4.90 Å². The highest BCUT2D eigenvalue weighted by Gasteiger charge is 2.40. The van der Waals surface area contributed by atoms with E-state index in [-0.39, 0.29) is 5.54 Å². The fraction of sp³-hybridized carbons (Fsp3) is 0.917. The summed E-state index contributed by atoms with van der Waals surface area (Å²) in [6.07, 6.45) is 10.4. The second-order valence-electron chi connectivity index (χ2n) is 5.00. The zero-order chi connectivity index (χ0) is 10.7. The van der Waals surface area contributed by atoms with Crippen LogP contribution in [0.25, 0.3) is 0 Å². The Kier molecular flexibility index (Phi) is 3.62. The molecule has 15 heavy (non-hydrogen) atoms. The summed E-state index contributed by atoms with van der Waals surface area (Å²) in [5.41, 5.74) is 6.11. The molecule has 2 rings (SSSR count). The molecule has 0 aromatic heterocycles. The fourth-order valence-electron chi connectivity index (χ4n) is 3.18. The molecule has 0 amide bonds. The van der Waals surface area contributed by atoms with Crippen molar-refractivity contribution in [1.29, 1.82) is 0 Å². The van der Waals surface area contributed by atoms with Crippen molar-refractivity contribution in [3.63, 3.8) is 0 Å². The molecule has 1 saturated heterocycles. The van der Waals surface area contributed by atoms with Crippen molar-refractivity contribution in [1.82, 2.24) is 4.90 Å². The van der Waals surface area contributed by atoms with E-state index in [1.165, 1.54) is 64.5 Å². The number of hydrogen-bond acceptors (Lipinski definition) is 2. The van der Waals surface area contributed by atoms with E-state index in [1.54, 1.807) is 0 Å². The molecular weight excluding hydrogens is 204 g/mol. The van der Waals surface area contributed by atoms with Gasteiger partial charge in [0.1, 0.15) is 0 Å². The van der Waals surface area contributed by atoms with Crippen molar-refractivity contribution in [2.45, 2.75) is 56.9 Å². The van der Waals surface area contributed by atoms with Crippen LogP contribution >= 0.6 is 12.2 Å². The van der Waals surface area contributed by atoms with Crippen LogP contribution in [0.5, 0.6) is 0 Å². The van der Waals surface area contributed by atoms with E-state index in [2.05, 4.69) is 4.90 Å². The summed E-state index contributed by atoms with van der Waals surface area (Å²) in [4.78, 5) is 3.34. The minimum Gasteiger partial charge on any atom is -0.392 e. The number of rotatable bonds is 2. The maximum absolute atomic E-state index is 6.02. The predicted molar refractivity (Wildman–Crippen MR) is 68.0 cm³/mol. The monoisotopic (exact) mass is 226 g/mol. The molecule has 1 heterocycles. The van der Waals surface area contributed by atoms with Crippen LogP contribution in [-0.2, 0) is 0 Å². The summed E-state index contributed by atoms with van der Waals surface area (Å²) in [6, 6.07) is 0. The molecule has 0 spiro atoms. The molecule has 0 aromatic carbocycles. The van der Waals surface area contributed by atoms with Gasteiger partial charge in [-0.2, -0.15) is 0 Å². The van der Waals surface area contributed by atoms with E-state index in [9.17, 15) is 0 Å². The highest BCUT2D eigenvalue weighted by molar-refractivity contribution is 7.80. The third kappa shape index (κ3) is 2.18. The minimum absolute atomic E-state index is 0.0913. The van der Waals surface area contributed by atoms with E-state index in [4.69, 9.17) is 18.0 Å². The molecule has 0 aromatic rings. The van der Waals surface area contributed by atoms with Crippen LogP contribution in [0.2, 0.25) is 0 Å². The molecule has 0 atom stereocenters. The highest BCUT2D eigenvalue weighted by Crippen LogP contribution is 2.35. The Bertz CT molecular complexity index is 228. The van der Waals surface area contributed by atoms with Gasteiger partial charge in [-0.15, -0.1) is 0 Å². The molecule has 1 saturated carbocycles. The first-order valence-corrected chi connectivity index (χ1v) is 6.71. The lowest BCUT2D eigenvalue weighted by Crippen LogP contribution is -2.59. The topological polar surface area (TPSA) is 29.3 Å². The van der Waals surface area contributed by atoms with E-state index < -0.39 is 0 Å². The molecule has 1 aliphatic heterocycles. The number of thiocarbonyl (C=S) groups is 1. The van der Waals surface area contributed by atoms with Crippen LogP contribution in [0.4, 0.5) is 0 Å². The van der Waals surface area contributed by atoms with Crippen LogP contribution in [0.3, 0.4) is 0 Å². The Morgan fingerprint density at radius 1 is 0.933 bits per heavy atom. The fourth-order valence-corrected chi connectivity index (χ4v) is 3.51. The molecule has 2 N–H and O–H groups in total. The number of piperidine rings is 1. The van der Waals surface area contributed by atoms with E-state index in [0.29, 0.717) is 0 Å². The van der Waals surface area contributed by atoms with Crippen LogP contribution in [0.15, 0.2) is 0 Å². The number of nitrogens with zero attached hydrogens (tertiary/aromatic N) is 1. The lowest BCUT2D eigenvalue weighted by atomic mass is 9.79. The van der Waals surface area contributed by atoms with E-state index in [1.807, 2.05) is 0 Å². The Labute approximate surface area is 98.2 Å². The third-order valence-corrected chi connectivity index (χ3v) is 4.48. The van der Waals surface area contributed by atoms with Gasteiger partial charge in [0.25, 0.3) is 0 Å². The predicted octanol–water partition coefficient (Wildman–Crippen LogP) is 2.46. The summed E-state index contributed by atoms with van der Waals surface area (Å²) < 4.78 is 0. The molecular formula is C12H22N2S. The molecule has 0 bridgehead atoms. The number of hydrogen-bond donors (Lipinski definition) is 1. The lowest BCUT2D eigenvalue weighted by Gasteiger charge is -2.47. The van der Waals surface area contributed by atoms with Crippen LogP contribution in [0, 0.1) is 0 Å². The summed E-state index contributed by atoms with van der Waals surface area (Å²) >= 11 is 5.34. The molecule has 0 unspecified atom stereocenters. The van der Waals surface area contributed by atoms with Gasteiger partial charge in [0.05, 0.1) is 10.5 Å². The molecule has 2 fully saturated rings. The van der Waals surface area contributed by atoms with Crippen LogP contribution in [0.1, 0.15) is 51.4 Å². The first-order valence-electron chi connectivity index (χ1n) is 6.31. The summed E-state index contributed by atoms with van der Waals surface area (Å²) in [5, 5.41) is 0. The van der Waals surface area contributed by atoms with Crippen LogP contribution < -0.4 is 5.73 Å². The standard InChI is InChI=1S/C12H22N2S/c13-11(15)12(7-3-1-4-8-12)14-9-5-2-6-10-14/h1-10H2,(H2,13,15). The Balaban J connectivity index is 2.12. The van der Waals surface area contributed by atoms with Gasteiger partial charge < -0.3 is 5.73 Å². The van der Waals surface area contributed by atoms with Crippen molar-refractivity contribution < 1.29 is 0 Å². The quantitative estimate of drug-likeness (QED) is 0.733. The molecule has 86 valence electrons. The molecule has 1 aliphatic carbocycles. The lowest BCUT2D eigenvalue weighted by molar-refractivity contribution is 0.0879. The largest absolute Gasteiger partial charge is 0.392 e. The molecule has 2 nitrogen and oxygen atoms in total. The third-order valence-electron chi connectivity index (χ3n) is 4.10. The second kappa shape index (κ2) is 4.79.